The van der Waals surface area contributed by atoms with Crippen molar-refractivity contribution in [3.05, 3.63) is 83.4 Å². The van der Waals surface area contributed by atoms with Gasteiger partial charge in [-0.15, -0.1) is 5.06 Å². The van der Waals surface area contributed by atoms with Crippen LogP contribution in [0.15, 0.2) is 66.7 Å². The average molecular weight is 625 g/mol. The first-order valence-electron chi connectivity index (χ1n) is 15.0. The van der Waals surface area contributed by atoms with Gasteiger partial charge in [0.05, 0.1) is 38.2 Å². The van der Waals surface area contributed by atoms with Crippen LogP contribution in [0.4, 0.5) is 21.9 Å². The molecule has 0 saturated carbocycles. The number of nitrogens with two attached hydrogens (primary N) is 1. The summed E-state index contributed by atoms with van der Waals surface area (Å²) < 4.78 is 11.4. The normalized spacial score (nSPS) is 11.6. The average Bonchev–Trinajstić information content (AvgIpc) is 3.02. The van der Waals surface area contributed by atoms with Gasteiger partial charge in [-0.25, -0.2) is 9.59 Å². The molecule has 7 N–H and O–H groups in total. The molecule has 244 valence electrons. The lowest BCUT2D eigenvalue weighted by Gasteiger charge is -2.21. The molecule has 0 aromatic heterocycles. The fourth-order valence-corrected chi connectivity index (χ4v) is 4.42. The van der Waals surface area contributed by atoms with Gasteiger partial charge in [0.25, 0.3) is 0 Å². The van der Waals surface area contributed by atoms with E-state index in [0.717, 1.165) is 42.9 Å². The Bertz CT molecular complexity index is 1360. The Morgan fingerprint density at radius 2 is 1.71 bits per heavy atom. The van der Waals surface area contributed by atoms with Crippen LogP contribution in [0.5, 0.6) is 5.75 Å². The van der Waals surface area contributed by atoms with Crippen molar-refractivity contribution in [2.24, 2.45) is 0 Å². The number of amides is 2. The number of urea groups is 1. The molecule has 45 heavy (non-hydrogen) atoms. The SMILES string of the molecule is CC(=O)ON(C(=O)Nc1cccc(COCCOCCCCCCNC[C@H](O)c2ccc(O)c(CO)c2)c1)c1cccc(N)c1. The number of anilines is 3. The molecule has 12 nitrogen and oxygen atoms in total. The number of carbonyl (C=O) groups is 2. The molecule has 0 aliphatic carbocycles. The number of aliphatic hydroxyl groups excluding tert-OH is 2. The van der Waals surface area contributed by atoms with Crippen LogP contribution in [0, 0.1) is 0 Å². The summed E-state index contributed by atoms with van der Waals surface area (Å²) in [6.45, 7) is 4.01. The summed E-state index contributed by atoms with van der Waals surface area (Å²) in [5.74, 6) is -0.629. The minimum absolute atomic E-state index is 0.0200. The largest absolute Gasteiger partial charge is 0.508 e. The minimum Gasteiger partial charge on any atom is -0.508 e. The minimum atomic E-state index is -0.707. The summed E-state index contributed by atoms with van der Waals surface area (Å²) in [5.41, 5.74) is 8.97. The second kappa shape index (κ2) is 19.2. The Balaban J connectivity index is 1.24. The fraction of sp³-hybridized carbons (Fsp3) is 0.394. The molecule has 0 fully saturated rings. The predicted molar refractivity (Wildman–Crippen MR) is 171 cm³/mol. The zero-order valence-electron chi connectivity index (χ0n) is 25.6. The van der Waals surface area contributed by atoms with Gasteiger partial charge in [-0.05, 0) is 73.0 Å². The highest BCUT2D eigenvalue weighted by Gasteiger charge is 2.20. The topological polar surface area (TPSA) is 176 Å². The van der Waals surface area contributed by atoms with Gasteiger partial charge < -0.3 is 46.0 Å². The summed E-state index contributed by atoms with van der Waals surface area (Å²) in [6, 6.07) is 17.7. The van der Waals surface area contributed by atoms with Crippen LogP contribution in [0.2, 0.25) is 0 Å². The lowest BCUT2D eigenvalue weighted by molar-refractivity contribution is -0.141. The van der Waals surface area contributed by atoms with E-state index >= 15 is 0 Å². The Kier molecular flexibility index (Phi) is 15.1. The van der Waals surface area contributed by atoms with Gasteiger partial charge in [0.15, 0.2) is 0 Å². The predicted octanol–water partition coefficient (Wildman–Crippen LogP) is 4.40. The van der Waals surface area contributed by atoms with E-state index in [4.69, 9.17) is 20.0 Å². The summed E-state index contributed by atoms with van der Waals surface area (Å²) >= 11 is 0. The van der Waals surface area contributed by atoms with Crippen molar-refractivity contribution < 1.29 is 39.2 Å². The zero-order valence-corrected chi connectivity index (χ0v) is 25.6. The van der Waals surface area contributed by atoms with Crippen LogP contribution >= 0.6 is 0 Å². The number of ether oxygens (including phenoxy) is 2. The number of hydrogen-bond donors (Lipinski definition) is 6. The van der Waals surface area contributed by atoms with Gasteiger partial charge in [0.1, 0.15) is 5.75 Å². The van der Waals surface area contributed by atoms with E-state index in [2.05, 4.69) is 10.6 Å². The Labute approximate surface area is 263 Å². The van der Waals surface area contributed by atoms with Crippen LogP contribution in [0.25, 0.3) is 0 Å². The number of carbonyl (C=O) groups excluding carboxylic acids is 2. The van der Waals surface area contributed by atoms with Gasteiger partial charge >= 0.3 is 12.0 Å². The maximum atomic E-state index is 12.9. The molecule has 0 bridgehead atoms. The maximum Gasteiger partial charge on any atom is 0.359 e. The van der Waals surface area contributed by atoms with Crippen LogP contribution in [0.1, 0.15) is 55.4 Å². The number of unbranched alkanes of at least 4 members (excludes halogenated alkanes) is 3. The van der Waals surface area contributed by atoms with Gasteiger partial charge in [-0.3, -0.25) is 0 Å². The number of nitrogen functional groups attached to an aromatic ring is 1. The van der Waals surface area contributed by atoms with Crippen LogP contribution in [-0.2, 0) is 32.3 Å². The molecule has 0 aliphatic rings. The summed E-state index contributed by atoms with van der Waals surface area (Å²) in [6.07, 6.45) is 3.30. The number of aliphatic hydroxyl groups is 2. The summed E-state index contributed by atoms with van der Waals surface area (Å²) in [4.78, 5) is 29.5. The lowest BCUT2D eigenvalue weighted by Crippen LogP contribution is -2.36. The van der Waals surface area contributed by atoms with E-state index < -0.39 is 18.1 Å². The number of benzene rings is 3. The van der Waals surface area contributed by atoms with Crippen molar-refractivity contribution in [2.45, 2.75) is 51.9 Å². The van der Waals surface area contributed by atoms with Gasteiger partial charge in [-0.2, -0.15) is 0 Å². The quantitative estimate of drug-likeness (QED) is 0.0676. The molecule has 0 spiro atoms. The number of rotatable bonds is 18. The van der Waals surface area contributed by atoms with Crippen LogP contribution < -0.4 is 21.4 Å². The van der Waals surface area contributed by atoms with E-state index in [1.165, 1.54) is 19.1 Å². The molecule has 2 amide bonds. The maximum absolute atomic E-state index is 12.9. The number of hydrogen-bond acceptors (Lipinski definition) is 10. The fourth-order valence-electron chi connectivity index (χ4n) is 4.42. The first kappa shape index (κ1) is 35.3. The van der Waals surface area contributed by atoms with E-state index in [1.807, 2.05) is 6.07 Å². The number of hydroxylamine groups is 1. The van der Waals surface area contributed by atoms with Crippen molar-refractivity contribution in [2.75, 3.05) is 49.0 Å². The number of nitrogens with one attached hydrogen (secondary N) is 2. The van der Waals surface area contributed by atoms with Crippen LogP contribution in [0.3, 0.4) is 0 Å². The van der Waals surface area contributed by atoms with E-state index in [-0.39, 0.29) is 12.4 Å². The molecule has 0 saturated heterocycles. The number of aromatic hydroxyl groups is 1. The van der Waals surface area contributed by atoms with Crippen molar-refractivity contribution in [3.8, 4) is 5.75 Å². The summed E-state index contributed by atoms with van der Waals surface area (Å²) in [7, 11) is 0. The second-order valence-corrected chi connectivity index (χ2v) is 10.4. The highest BCUT2D eigenvalue weighted by atomic mass is 16.7. The number of phenols is 1. The molecule has 1 atom stereocenters. The van der Waals surface area contributed by atoms with Gasteiger partial charge in [0.2, 0.25) is 0 Å². The number of nitrogens with zero attached hydrogens (tertiary/aromatic N) is 1. The highest BCUT2D eigenvalue weighted by molar-refractivity contribution is 6.01. The molecule has 3 aromatic carbocycles. The molecular formula is C33H44N4O8. The monoisotopic (exact) mass is 624 g/mol. The third-order valence-corrected chi connectivity index (χ3v) is 6.72. The molecule has 3 rings (SSSR count). The van der Waals surface area contributed by atoms with Crippen LogP contribution in [-0.4, -0.2) is 60.2 Å². The third kappa shape index (κ3) is 12.7. The highest BCUT2D eigenvalue weighted by Crippen LogP contribution is 2.23. The standard InChI is InChI=1S/C33H44N4O8/c1-24(39)45-37(30-11-7-9-28(34)20-30)33(42)36-29-10-6-8-25(18-29)23-44-17-16-43-15-5-3-2-4-14-35-21-32(41)26-12-13-31(40)27(19-26)22-38/h6-13,18-20,32,35,38,40-41H,2-5,14-17,21-23,34H2,1H3,(H,36,42)/t32-/m0/s1. The zero-order chi connectivity index (χ0) is 32.4. The van der Waals surface area contributed by atoms with E-state index in [1.54, 1.807) is 48.5 Å². The Morgan fingerprint density at radius 3 is 2.49 bits per heavy atom. The third-order valence-electron chi connectivity index (χ3n) is 6.72. The van der Waals surface area contributed by atoms with E-state index in [9.17, 15) is 24.9 Å². The van der Waals surface area contributed by atoms with E-state index in [0.29, 0.717) is 61.2 Å². The smallest absolute Gasteiger partial charge is 0.359 e. The Morgan fingerprint density at radius 1 is 0.933 bits per heavy atom. The van der Waals surface area contributed by atoms with Crippen molar-refractivity contribution in [1.29, 1.82) is 0 Å². The Hall–Kier alpha value is -4.20. The summed E-state index contributed by atoms with van der Waals surface area (Å²) in [5, 5.41) is 36.0. The molecule has 3 aromatic rings. The van der Waals surface area contributed by atoms with Crippen molar-refractivity contribution >= 4 is 29.1 Å². The molecule has 0 heterocycles. The first-order chi connectivity index (χ1) is 21.8. The van der Waals surface area contributed by atoms with Gasteiger partial charge in [0, 0.05) is 37.0 Å². The molecular weight excluding hydrogens is 580 g/mol. The molecule has 12 heteroatoms. The van der Waals surface area contributed by atoms with Crippen molar-refractivity contribution in [3.63, 3.8) is 0 Å². The molecule has 0 unspecified atom stereocenters. The lowest BCUT2D eigenvalue weighted by atomic mass is 10.1. The second-order valence-electron chi connectivity index (χ2n) is 10.4. The van der Waals surface area contributed by atoms with Crippen molar-refractivity contribution in [1.82, 2.24) is 5.32 Å². The first-order valence-corrected chi connectivity index (χ1v) is 15.0. The molecule has 0 aliphatic heterocycles. The molecule has 0 radical (unpaired) electrons. The van der Waals surface area contributed by atoms with Gasteiger partial charge in [-0.1, -0.05) is 37.1 Å².